The lowest BCUT2D eigenvalue weighted by molar-refractivity contribution is 0.0657. The minimum Gasteiger partial charge on any atom is -0.493 e. The molecule has 0 saturated carbocycles. The standard InChI is InChI=1S/C20H33N3O3/c1-21-9-11-23(12-10-21)17-5-7-22(8-6-17)15-16-13-18(24-2)20(26-4)19(14-16)25-3/h13-14,17H,5-12,15H2,1-4H3. The monoisotopic (exact) mass is 363 g/mol. The Bertz CT molecular complexity index is 555. The van der Waals surface area contributed by atoms with E-state index >= 15 is 0 Å². The van der Waals surface area contributed by atoms with Crippen LogP contribution in [0, 0.1) is 0 Å². The lowest BCUT2D eigenvalue weighted by atomic mass is 10.0. The van der Waals surface area contributed by atoms with Gasteiger partial charge in [-0.2, -0.15) is 0 Å². The number of nitrogens with zero attached hydrogens (tertiary/aromatic N) is 3. The van der Waals surface area contributed by atoms with Gasteiger partial charge in [-0.3, -0.25) is 9.80 Å². The van der Waals surface area contributed by atoms with Crippen molar-refractivity contribution in [3.8, 4) is 17.2 Å². The quantitative estimate of drug-likeness (QED) is 0.769. The number of likely N-dealkylation sites (tertiary alicyclic amines) is 1. The van der Waals surface area contributed by atoms with E-state index in [0.717, 1.165) is 37.2 Å². The molecule has 0 unspecified atom stereocenters. The summed E-state index contributed by atoms with van der Waals surface area (Å²) in [6.45, 7) is 8.05. The Balaban J connectivity index is 1.57. The van der Waals surface area contributed by atoms with Gasteiger partial charge in [0.1, 0.15) is 0 Å². The first-order valence-electron chi connectivity index (χ1n) is 9.58. The molecule has 2 fully saturated rings. The van der Waals surface area contributed by atoms with Crippen molar-refractivity contribution in [2.24, 2.45) is 0 Å². The van der Waals surface area contributed by atoms with Gasteiger partial charge < -0.3 is 19.1 Å². The third-order valence-electron chi connectivity index (χ3n) is 5.74. The zero-order valence-corrected chi connectivity index (χ0v) is 16.7. The van der Waals surface area contributed by atoms with Crippen LogP contribution in [0.1, 0.15) is 18.4 Å². The lowest BCUT2D eigenvalue weighted by Gasteiger charge is -2.42. The lowest BCUT2D eigenvalue weighted by Crippen LogP contribution is -2.52. The molecule has 2 aliphatic rings. The van der Waals surface area contributed by atoms with E-state index in [9.17, 15) is 0 Å². The average molecular weight is 364 g/mol. The van der Waals surface area contributed by atoms with Crippen molar-refractivity contribution in [1.82, 2.24) is 14.7 Å². The minimum absolute atomic E-state index is 0.660. The average Bonchev–Trinajstić information content (AvgIpc) is 2.68. The minimum atomic E-state index is 0.660. The van der Waals surface area contributed by atoms with Crippen LogP contribution in [0.15, 0.2) is 12.1 Å². The van der Waals surface area contributed by atoms with Gasteiger partial charge >= 0.3 is 0 Å². The number of hydrogen-bond donors (Lipinski definition) is 0. The predicted molar refractivity (Wildman–Crippen MR) is 103 cm³/mol. The number of methoxy groups -OCH3 is 3. The molecule has 26 heavy (non-hydrogen) atoms. The summed E-state index contributed by atoms with van der Waals surface area (Å²) in [4.78, 5) is 7.65. The molecule has 0 aliphatic carbocycles. The van der Waals surface area contributed by atoms with Crippen molar-refractivity contribution in [2.75, 3.05) is 67.6 Å². The first kappa shape index (κ1) is 19.3. The van der Waals surface area contributed by atoms with Crippen LogP contribution >= 0.6 is 0 Å². The van der Waals surface area contributed by atoms with Gasteiger partial charge in [0.15, 0.2) is 11.5 Å². The normalized spacial score (nSPS) is 20.9. The molecule has 6 nitrogen and oxygen atoms in total. The van der Waals surface area contributed by atoms with Crippen molar-refractivity contribution < 1.29 is 14.2 Å². The van der Waals surface area contributed by atoms with Crippen molar-refractivity contribution in [2.45, 2.75) is 25.4 Å². The molecule has 0 aromatic heterocycles. The molecule has 0 atom stereocenters. The zero-order valence-electron chi connectivity index (χ0n) is 16.7. The van der Waals surface area contributed by atoms with Gasteiger partial charge in [-0.25, -0.2) is 0 Å². The molecule has 3 rings (SSSR count). The molecule has 0 bridgehead atoms. The second kappa shape index (κ2) is 8.93. The van der Waals surface area contributed by atoms with Crippen LogP contribution in [0.5, 0.6) is 17.2 Å². The molecule has 1 aromatic rings. The largest absolute Gasteiger partial charge is 0.493 e. The maximum absolute atomic E-state index is 5.48. The molecular weight excluding hydrogens is 330 g/mol. The molecule has 6 heteroatoms. The number of piperidine rings is 1. The Kier molecular flexibility index (Phi) is 6.62. The molecule has 0 spiro atoms. The smallest absolute Gasteiger partial charge is 0.203 e. The van der Waals surface area contributed by atoms with Crippen LogP contribution in [0.3, 0.4) is 0 Å². The number of likely N-dealkylation sites (N-methyl/N-ethyl adjacent to an activating group) is 1. The van der Waals surface area contributed by atoms with Crippen molar-refractivity contribution in [3.63, 3.8) is 0 Å². The predicted octanol–water partition coefficient (Wildman–Crippen LogP) is 1.92. The van der Waals surface area contributed by atoms with Gasteiger partial charge in [0.25, 0.3) is 0 Å². The summed E-state index contributed by atoms with van der Waals surface area (Å²) in [5.74, 6) is 2.12. The summed E-state index contributed by atoms with van der Waals surface area (Å²) in [6.07, 6.45) is 2.52. The second-order valence-corrected chi connectivity index (χ2v) is 7.38. The molecule has 2 aliphatic heterocycles. The van der Waals surface area contributed by atoms with Crippen LogP contribution in [0.25, 0.3) is 0 Å². The zero-order chi connectivity index (χ0) is 18.5. The topological polar surface area (TPSA) is 37.4 Å². The molecule has 2 heterocycles. The van der Waals surface area contributed by atoms with Gasteiger partial charge in [0, 0.05) is 38.8 Å². The Morgan fingerprint density at radius 2 is 1.42 bits per heavy atom. The van der Waals surface area contributed by atoms with E-state index in [1.165, 1.54) is 44.6 Å². The van der Waals surface area contributed by atoms with Crippen molar-refractivity contribution >= 4 is 0 Å². The Hall–Kier alpha value is -1.50. The fourth-order valence-corrected chi connectivity index (χ4v) is 4.11. The SMILES string of the molecule is COc1cc(CN2CCC(N3CCN(C)CC3)CC2)cc(OC)c1OC. The molecule has 2 saturated heterocycles. The van der Waals surface area contributed by atoms with Gasteiger partial charge in [-0.1, -0.05) is 0 Å². The number of benzene rings is 1. The summed E-state index contributed by atoms with van der Waals surface area (Å²) >= 11 is 0. The highest BCUT2D eigenvalue weighted by atomic mass is 16.5. The van der Waals surface area contributed by atoms with Crippen LogP contribution in [0.4, 0.5) is 0 Å². The van der Waals surface area contributed by atoms with E-state index in [1.807, 2.05) is 0 Å². The highest BCUT2D eigenvalue weighted by Gasteiger charge is 2.27. The Labute approximate surface area is 157 Å². The molecule has 0 N–H and O–H groups in total. The van der Waals surface area contributed by atoms with Crippen molar-refractivity contribution in [1.29, 1.82) is 0 Å². The molecule has 1 aromatic carbocycles. The molecule has 0 amide bonds. The summed E-state index contributed by atoms with van der Waals surface area (Å²) in [5, 5.41) is 0. The second-order valence-electron chi connectivity index (χ2n) is 7.38. The van der Waals surface area contributed by atoms with E-state index in [0.29, 0.717) is 5.75 Å². The Morgan fingerprint density at radius 3 is 1.92 bits per heavy atom. The summed E-state index contributed by atoms with van der Waals surface area (Å²) in [6, 6.07) is 4.88. The third kappa shape index (κ3) is 4.42. The van der Waals surface area contributed by atoms with Crippen molar-refractivity contribution in [3.05, 3.63) is 17.7 Å². The first-order valence-corrected chi connectivity index (χ1v) is 9.58. The molecular formula is C20H33N3O3. The fourth-order valence-electron chi connectivity index (χ4n) is 4.11. The third-order valence-corrected chi connectivity index (χ3v) is 5.74. The number of piperazine rings is 1. The highest BCUT2D eigenvalue weighted by molar-refractivity contribution is 5.53. The van der Waals surface area contributed by atoms with Crippen LogP contribution in [-0.2, 0) is 6.54 Å². The Morgan fingerprint density at radius 1 is 0.846 bits per heavy atom. The van der Waals surface area contributed by atoms with E-state index in [2.05, 4.69) is 33.9 Å². The van der Waals surface area contributed by atoms with Gasteiger partial charge in [-0.05, 0) is 50.7 Å². The number of rotatable bonds is 6. The summed E-state index contributed by atoms with van der Waals surface area (Å²) in [7, 11) is 7.20. The van der Waals surface area contributed by atoms with Crippen LogP contribution < -0.4 is 14.2 Å². The molecule has 146 valence electrons. The van der Waals surface area contributed by atoms with E-state index in [-0.39, 0.29) is 0 Å². The summed E-state index contributed by atoms with van der Waals surface area (Å²) in [5.41, 5.74) is 1.21. The van der Waals surface area contributed by atoms with E-state index in [1.54, 1.807) is 21.3 Å². The summed E-state index contributed by atoms with van der Waals surface area (Å²) < 4.78 is 16.4. The number of ether oxygens (including phenoxy) is 3. The van der Waals surface area contributed by atoms with Gasteiger partial charge in [0.05, 0.1) is 21.3 Å². The first-order chi connectivity index (χ1) is 12.6. The maximum Gasteiger partial charge on any atom is 0.203 e. The van der Waals surface area contributed by atoms with E-state index in [4.69, 9.17) is 14.2 Å². The maximum atomic E-state index is 5.48. The fraction of sp³-hybridized carbons (Fsp3) is 0.700. The number of hydrogen-bond acceptors (Lipinski definition) is 6. The highest BCUT2D eigenvalue weighted by Crippen LogP contribution is 2.38. The van der Waals surface area contributed by atoms with Gasteiger partial charge in [-0.15, -0.1) is 0 Å². The van der Waals surface area contributed by atoms with E-state index < -0.39 is 0 Å². The molecule has 0 radical (unpaired) electrons. The van der Waals surface area contributed by atoms with Crippen LogP contribution in [-0.4, -0.2) is 88.4 Å². The van der Waals surface area contributed by atoms with Crippen LogP contribution in [0.2, 0.25) is 0 Å². The van der Waals surface area contributed by atoms with Gasteiger partial charge in [0.2, 0.25) is 5.75 Å².